The van der Waals surface area contributed by atoms with Crippen molar-refractivity contribution < 1.29 is 4.74 Å². The lowest BCUT2D eigenvalue weighted by atomic mass is 9.84. The van der Waals surface area contributed by atoms with Crippen molar-refractivity contribution in [2.75, 3.05) is 12.5 Å². The number of alkyl halides is 1. The molecule has 2 aliphatic rings. The topological polar surface area (TPSA) is 9.23 Å². The number of halogens is 1. The molecule has 70 valence electrons. The van der Waals surface area contributed by atoms with Gasteiger partial charge in [-0.05, 0) is 44.4 Å². The first-order valence-corrected chi connectivity index (χ1v) is 5.31. The van der Waals surface area contributed by atoms with Crippen molar-refractivity contribution in [2.45, 2.75) is 38.7 Å². The molecule has 2 rings (SSSR count). The van der Waals surface area contributed by atoms with Crippen LogP contribution < -0.4 is 0 Å². The molecule has 2 atom stereocenters. The molecule has 12 heavy (non-hydrogen) atoms. The average Bonchev–Trinajstić information content (AvgIpc) is 2.60. The van der Waals surface area contributed by atoms with Gasteiger partial charge in [-0.3, -0.25) is 0 Å². The van der Waals surface area contributed by atoms with Crippen molar-refractivity contribution in [2.24, 2.45) is 11.3 Å². The fourth-order valence-corrected chi connectivity index (χ4v) is 3.13. The third-order valence-electron chi connectivity index (χ3n) is 3.42. The van der Waals surface area contributed by atoms with E-state index in [4.69, 9.17) is 16.3 Å². The fraction of sp³-hybridized carbons (Fsp3) is 1.00. The molecule has 0 radical (unpaired) electrons. The smallest absolute Gasteiger partial charge is 0.0631 e. The summed E-state index contributed by atoms with van der Waals surface area (Å²) in [4.78, 5) is 0. The summed E-state index contributed by atoms with van der Waals surface area (Å²) in [6, 6.07) is 0. The number of ether oxygens (including phenoxy) is 1. The molecule has 2 heteroatoms. The third-order valence-corrected chi connectivity index (χ3v) is 3.79. The predicted octanol–water partition coefficient (Wildman–Crippen LogP) is 2.82. The summed E-state index contributed by atoms with van der Waals surface area (Å²) in [5, 5.41) is 0. The van der Waals surface area contributed by atoms with Crippen LogP contribution in [0.4, 0.5) is 0 Å². The second kappa shape index (κ2) is 2.62. The second-order valence-electron chi connectivity index (χ2n) is 4.95. The first kappa shape index (κ1) is 8.83. The molecule has 0 aromatic rings. The predicted molar refractivity (Wildman–Crippen MR) is 50.5 cm³/mol. The molecule has 1 nitrogen and oxygen atoms in total. The highest BCUT2D eigenvalue weighted by Gasteiger charge is 2.56. The minimum atomic E-state index is 0.0963. The Balaban J connectivity index is 2.01. The largest absolute Gasteiger partial charge is 0.376 e. The zero-order chi connectivity index (χ0) is 8.82. The van der Waals surface area contributed by atoms with Crippen LogP contribution in [-0.2, 0) is 4.74 Å². The van der Waals surface area contributed by atoms with Crippen molar-refractivity contribution >= 4 is 11.6 Å². The molecule has 0 amide bonds. The lowest BCUT2D eigenvalue weighted by molar-refractivity contribution is -0.0815. The SMILES string of the molecule is CC1(C)CC2(CCO1)CC2CCl. The third kappa shape index (κ3) is 1.38. The summed E-state index contributed by atoms with van der Waals surface area (Å²) < 4.78 is 5.69. The lowest BCUT2D eigenvalue weighted by Gasteiger charge is -2.36. The van der Waals surface area contributed by atoms with Crippen LogP contribution in [0.1, 0.15) is 33.1 Å². The monoisotopic (exact) mass is 188 g/mol. The maximum atomic E-state index is 5.87. The number of hydrogen-bond acceptors (Lipinski definition) is 1. The molecule has 2 fully saturated rings. The Hall–Kier alpha value is 0.250. The Labute approximate surface area is 79.4 Å². The zero-order valence-electron chi connectivity index (χ0n) is 7.90. The van der Waals surface area contributed by atoms with Crippen LogP contribution in [0.15, 0.2) is 0 Å². The summed E-state index contributed by atoms with van der Waals surface area (Å²) >= 11 is 5.87. The van der Waals surface area contributed by atoms with Crippen LogP contribution in [0.2, 0.25) is 0 Å². The molecule has 0 bridgehead atoms. The van der Waals surface area contributed by atoms with Crippen LogP contribution in [0.25, 0.3) is 0 Å². The molecule has 1 aliphatic carbocycles. The van der Waals surface area contributed by atoms with E-state index in [0.29, 0.717) is 5.41 Å². The second-order valence-corrected chi connectivity index (χ2v) is 5.26. The van der Waals surface area contributed by atoms with Crippen LogP contribution in [-0.4, -0.2) is 18.1 Å². The summed E-state index contributed by atoms with van der Waals surface area (Å²) in [6.07, 6.45) is 3.77. The van der Waals surface area contributed by atoms with Crippen molar-refractivity contribution in [1.82, 2.24) is 0 Å². The molecule has 1 saturated heterocycles. The van der Waals surface area contributed by atoms with E-state index in [2.05, 4.69) is 13.8 Å². The molecular formula is C10H17ClO. The summed E-state index contributed by atoms with van der Waals surface area (Å²) in [6.45, 7) is 5.31. The van der Waals surface area contributed by atoms with Crippen LogP contribution in [0.5, 0.6) is 0 Å². The fourth-order valence-electron chi connectivity index (χ4n) is 2.69. The quantitative estimate of drug-likeness (QED) is 0.575. The van der Waals surface area contributed by atoms with Gasteiger partial charge in [-0.2, -0.15) is 0 Å². The van der Waals surface area contributed by atoms with Gasteiger partial charge in [-0.1, -0.05) is 0 Å². The lowest BCUT2D eigenvalue weighted by Crippen LogP contribution is -2.35. The van der Waals surface area contributed by atoms with Crippen LogP contribution >= 0.6 is 11.6 Å². The van der Waals surface area contributed by atoms with Crippen molar-refractivity contribution in [3.63, 3.8) is 0 Å². The van der Waals surface area contributed by atoms with Gasteiger partial charge in [-0.25, -0.2) is 0 Å². The van der Waals surface area contributed by atoms with Crippen LogP contribution in [0.3, 0.4) is 0 Å². The van der Waals surface area contributed by atoms with Gasteiger partial charge in [0, 0.05) is 12.5 Å². The highest BCUT2D eigenvalue weighted by molar-refractivity contribution is 6.18. The Kier molecular flexibility index (Phi) is 1.93. The molecule has 1 aliphatic heterocycles. The molecule has 0 aromatic heterocycles. The van der Waals surface area contributed by atoms with E-state index >= 15 is 0 Å². The minimum absolute atomic E-state index is 0.0963. The first-order chi connectivity index (χ1) is 5.58. The van der Waals surface area contributed by atoms with E-state index in [1.54, 1.807) is 0 Å². The van der Waals surface area contributed by atoms with E-state index in [1.165, 1.54) is 19.3 Å². The van der Waals surface area contributed by atoms with Gasteiger partial charge >= 0.3 is 0 Å². The Morgan fingerprint density at radius 1 is 1.50 bits per heavy atom. The van der Waals surface area contributed by atoms with E-state index in [-0.39, 0.29) is 5.60 Å². The molecule has 1 saturated carbocycles. The van der Waals surface area contributed by atoms with E-state index in [0.717, 1.165) is 18.4 Å². The Morgan fingerprint density at radius 3 is 2.75 bits per heavy atom. The normalized spacial score (nSPS) is 44.8. The maximum Gasteiger partial charge on any atom is 0.0631 e. The van der Waals surface area contributed by atoms with Gasteiger partial charge in [0.05, 0.1) is 5.60 Å². The maximum absolute atomic E-state index is 5.87. The van der Waals surface area contributed by atoms with E-state index in [1.807, 2.05) is 0 Å². The molecule has 0 aromatic carbocycles. The Morgan fingerprint density at radius 2 is 2.25 bits per heavy atom. The number of rotatable bonds is 1. The van der Waals surface area contributed by atoms with Crippen molar-refractivity contribution in [3.05, 3.63) is 0 Å². The zero-order valence-corrected chi connectivity index (χ0v) is 8.66. The van der Waals surface area contributed by atoms with E-state index < -0.39 is 0 Å². The van der Waals surface area contributed by atoms with Crippen molar-refractivity contribution in [1.29, 1.82) is 0 Å². The molecule has 0 N–H and O–H groups in total. The first-order valence-electron chi connectivity index (χ1n) is 4.78. The van der Waals surface area contributed by atoms with Crippen LogP contribution in [0, 0.1) is 11.3 Å². The number of hydrogen-bond donors (Lipinski definition) is 0. The average molecular weight is 189 g/mol. The van der Waals surface area contributed by atoms with Gasteiger partial charge < -0.3 is 4.74 Å². The summed E-state index contributed by atoms with van der Waals surface area (Å²) in [5.74, 6) is 1.62. The highest BCUT2D eigenvalue weighted by Crippen LogP contribution is 2.62. The van der Waals surface area contributed by atoms with Gasteiger partial charge in [0.15, 0.2) is 0 Å². The van der Waals surface area contributed by atoms with Gasteiger partial charge in [0.25, 0.3) is 0 Å². The molecule has 1 spiro atoms. The summed E-state index contributed by atoms with van der Waals surface area (Å²) in [5.41, 5.74) is 0.669. The van der Waals surface area contributed by atoms with E-state index in [9.17, 15) is 0 Å². The summed E-state index contributed by atoms with van der Waals surface area (Å²) in [7, 11) is 0. The Bertz CT molecular complexity index is 190. The van der Waals surface area contributed by atoms with Gasteiger partial charge in [-0.15, -0.1) is 11.6 Å². The molecular weight excluding hydrogens is 172 g/mol. The van der Waals surface area contributed by atoms with Crippen molar-refractivity contribution in [3.8, 4) is 0 Å². The molecule has 1 heterocycles. The van der Waals surface area contributed by atoms with Gasteiger partial charge in [0.1, 0.15) is 0 Å². The molecule has 2 unspecified atom stereocenters. The minimum Gasteiger partial charge on any atom is -0.376 e. The highest BCUT2D eigenvalue weighted by atomic mass is 35.5. The standard InChI is InChI=1S/C10H17ClO/c1-9(2)7-10(3-4-12-9)5-8(10)6-11/h8H,3-7H2,1-2H3. The van der Waals surface area contributed by atoms with Gasteiger partial charge in [0.2, 0.25) is 0 Å².